The second-order valence-electron chi connectivity index (χ2n) is 3.22. The number of fused-ring (bicyclic) bond motifs is 1. The Balaban J connectivity index is 2.32. The number of aromatic carboxylic acids is 1. The minimum absolute atomic E-state index is 0.0577. The summed E-state index contributed by atoms with van der Waals surface area (Å²) >= 11 is 0. The van der Waals surface area contributed by atoms with Gasteiger partial charge in [-0.3, -0.25) is 0 Å². The molecule has 0 bridgehead atoms. The van der Waals surface area contributed by atoms with Gasteiger partial charge in [-0.25, -0.2) is 13.6 Å². The Morgan fingerprint density at radius 3 is 2.88 bits per heavy atom. The zero-order valence-corrected chi connectivity index (χ0v) is 8.48. The molecule has 1 N–H and O–H groups in total. The van der Waals surface area contributed by atoms with Gasteiger partial charge in [-0.05, 0) is 12.1 Å². The average Bonchev–Trinajstić information content (AvgIpc) is 2.73. The highest BCUT2D eigenvalue weighted by Crippen LogP contribution is 2.42. The van der Waals surface area contributed by atoms with Gasteiger partial charge in [-0.15, -0.1) is 0 Å². The van der Waals surface area contributed by atoms with E-state index in [1.807, 2.05) is 0 Å². The van der Waals surface area contributed by atoms with E-state index in [2.05, 4.69) is 0 Å². The van der Waals surface area contributed by atoms with Crippen molar-refractivity contribution in [3.8, 4) is 17.2 Å². The summed E-state index contributed by atoms with van der Waals surface area (Å²) in [6.07, 6.45) is -2.65. The first-order chi connectivity index (χ1) is 8.08. The molecule has 1 aliphatic rings. The second kappa shape index (κ2) is 4.44. The largest absolute Gasteiger partial charge is 0.484 e. The average molecular weight is 246 g/mol. The van der Waals surface area contributed by atoms with Crippen molar-refractivity contribution in [3.63, 3.8) is 0 Å². The van der Waals surface area contributed by atoms with Crippen molar-refractivity contribution in [2.45, 2.75) is 6.43 Å². The lowest BCUT2D eigenvalue weighted by Gasteiger charge is -2.09. The van der Waals surface area contributed by atoms with Gasteiger partial charge in [0.15, 0.2) is 11.5 Å². The molecule has 1 aromatic rings. The molecule has 0 fully saturated rings. The fourth-order valence-corrected chi connectivity index (χ4v) is 1.36. The first-order valence-electron chi connectivity index (χ1n) is 4.66. The predicted molar refractivity (Wildman–Crippen MR) is 51.0 cm³/mol. The molecular formula is C10H8F2O5. The molecule has 2 rings (SSSR count). The van der Waals surface area contributed by atoms with Crippen LogP contribution in [0.25, 0.3) is 0 Å². The number of carboxylic acids is 1. The van der Waals surface area contributed by atoms with Crippen molar-refractivity contribution >= 4 is 5.97 Å². The van der Waals surface area contributed by atoms with Crippen LogP contribution in [0.3, 0.4) is 0 Å². The van der Waals surface area contributed by atoms with Crippen molar-refractivity contribution in [2.75, 3.05) is 13.4 Å². The molecule has 17 heavy (non-hydrogen) atoms. The van der Waals surface area contributed by atoms with Crippen LogP contribution in [-0.2, 0) is 0 Å². The maximum atomic E-state index is 12.0. The fraction of sp³-hybridized carbons (Fsp3) is 0.300. The summed E-state index contributed by atoms with van der Waals surface area (Å²) in [5, 5.41) is 8.82. The van der Waals surface area contributed by atoms with Crippen molar-refractivity contribution in [1.82, 2.24) is 0 Å². The van der Waals surface area contributed by atoms with Gasteiger partial charge in [0.05, 0.1) is 5.56 Å². The minimum Gasteiger partial charge on any atom is -0.484 e. The summed E-state index contributed by atoms with van der Waals surface area (Å²) in [4.78, 5) is 10.8. The van der Waals surface area contributed by atoms with E-state index < -0.39 is 19.0 Å². The molecule has 1 aliphatic heterocycles. The van der Waals surface area contributed by atoms with E-state index >= 15 is 0 Å². The normalized spacial score (nSPS) is 12.9. The van der Waals surface area contributed by atoms with Gasteiger partial charge in [-0.2, -0.15) is 0 Å². The van der Waals surface area contributed by atoms with Crippen LogP contribution in [-0.4, -0.2) is 30.9 Å². The van der Waals surface area contributed by atoms with Crippen LogP contribution < -0.4 is 14.2 Å². The molecule has 0 atom stereocenters. The van der Waals surface area contributed by atoms with Crippen molar-refractivity contribution < 1.29 is 32.9 Å². The Morgan fingerprint density at radius 1 is 1.47 bits per heavy atom. The Hall–Kier alpha value is -2.05. The van der Waals surface area contributed by atoms with Gasteiger partial charge < -0.3 is 19.3 Å². The zero-order chi connectivity index (χ0) is 12.4. The number of rotatable bonds is 4. The lowest BCUT2D eigenvalue weighted by Crippen LogP contribution is -2.08. The third-order valence-corrected chi connectivity index (χ3v) is 2.05. The zero-order valence-electron chi connectivity index (χ0n) is 8.48. The van der Waals surface area contributed by atoms with E-state index in [0.29, 0.717) is 0 Å². The van der Waals surface area contributed by atoms with Gasteiger partial charge in [-0.1, -0.05) is 0 Å². The number of hydrogen-bond donors (Lipinski definition) is 1. The van der Waals surface area contributed by atoms with Gasteiger partial charge >= 0.3 is 5.97 Å². The van der Waals surface area contributed by atoms with Crippen molar-refractivity contribution in [1.29, 1.82) is 0 Å². The monoisotopic (exact) mass is 246 g/mol. The van der Waals surface area contributed by atoms with Crippen molar-refractivity contribution in [2.24, 2.45) is 0 Å². The summed E-state index contributed by atoms with van der Waals surface area (Å²) in [5.41, 5.74) is -0.112. The number of benzene rings is 1. The Bertz CT molecular complexity index is 447. The van der Waals surface area contributed by atoms with Gasteiger partial charge in [0.25, 0.3) is 6.43 Å². The van der Waals surface area contributed by atoms with E-state index in [1.165, 1.54) is 6.07 Å². The lowest BCUT2D eigenvalue weighted by molar-refractivity contribution is 0.0694. The summed E-state index contributed by atoms with van der Waals surface area (Å²) in [6, 6.07) is 2.37. The van der Waals surface area contributed by atoms with Crippen LogP contribution in [0, 0.1) is 0 Å². The molecule has 0 radical (unpaired) electrons. The van der Waals surface area contributed by atoms with E-state index in [1.54, 1.807) is 0 Å². The SMILES string of the molecule is O=C(O)c1cc2c(c(OCC(F)F)c1)OCO2. The van der Waals surface area contributed by atoms with Crippen LogP contribution in [0.2, 0.25) is 0 Å². The summed E-state index contributed by atoms with van der Waals surface area (Å²) in [6.45, 7) is -0.928. The number of carbonyl (C=O) groups is 1. The first kappa shape index (κ1) is 11.4. The molecule has 0 amide bonds. The quantitative estimate of drug-likeness (QED) is 0.876. The van der Waals surface area contributed by atoms with E-state index in [4.69, 9.17) is 19.3 Å². The Kier molecular flexibility index (Phi) is 2.99. The highest BCUT2D eigenvalue weighted by atomic mass is 19.3. The predicted octanol–water partition coefficient (Wildman–Crippen LogP) is 1.76. The van der Waals surface area contributed by atoms with Crippen LogP contribution in [0.15, 0.2) is 12.1 Å². The number of carboxylic acid groups (broad SMARTS) is 1. The summed E-state index contributed by atoms with van der Waals surface area (Å²) in [7, 11) is 0. The Morgan fingerprint density at radius 2 is 2.24 bits per heavy atom. The second-order valence-corrected chi connectivity index (χ2v) is 3.22. The highest BCUT2D eigenvalue weighted by molar-refractivity contribution is 5.89. The molecule has 0 saturated heterocycles. The number of halogens is 2. The molecular weight excluding hydrogens is 238 g/mol. The molecule has 0 saturated carbocycles. The smallest absolute Gasteiger partial charge is 0.335 e. The third-order valence-electron chi connectivity index (χ3n) is 2.05. The molecule has 1 aromatic carbocycles. The number of alkyl halides is 2. The van der Waals surface area contributed by atoms with Crippen molar-refractivity contribution in [3.05, 3.63) is 17.7 Å². The van der Waals surface area contributed by atoms with Gasteiger partial charge in [0.2, 0.25) is 12.5 Å². The molecule has 92 valence electrons. The summed E-state index contributed by atoms with van der Waals surface area (Å²) in [5.74, 6) is -0.937. The molecule has 0 unspecified atom stereocenters. The standard InChI is InChI=1S/C10H8F2O5/c11-8(12)3-15-6-1-5(10(13)14)2-7-9(6)17-4-16-7/h1-2,8H,3-4H2,(H,13,14). The maximum absolute atomic E-state index is 12.0. The molecule has 0 aliphatic carbocycles. The topological polar surface area (TPSA) is 65.0 Å². The van der Waals surface area contributed by atoms with Crippen LogP contribution in [0.1, 0.15) is 10.4 Å². The van der Waals surface area contributed by atoms with Crippen LogP contribution in [0.5, 0.6) is 17.2 Å². The Labute approximate surface area is 94.5 Å². The van der Waals surface area contributed by atoms with E-state index in [-0.39, 0.29) is 29.6 Å². The lowest BCUT2D eigenvalue weighted by atomic mass is 10.2. The molecule has 0 spiro atoms. The molecule has 1 heterocycles. The van der Waals surface area contributed by atoms with Gasteiger partial charge in [0, 0.05) is 0 Å². The third kappa shape index (κ3) is 2.38. The first-order valence-corrected chi connectivity index (χ1v) is 4.66. The highest BCUT2D eigenvalue weighted by Gasteiger charge is 2.23. The molecule has 0 aromatic heterocycles. The minimum atomic E-state index is -2.65. The van der Waals surface area contributed by atoms with E-state index in [9.17, 15) is 13.6 Å². The molecule has 5 nitrogen and oxygen atoms in total. The van der Waals surface area contributed by atoms with E-state index in [0.717, 1.165) is 6.07 Å². The summed E-state index contributed by atoms with van der Waals surface area (Å²) < 4.78 is 38.8. The van der Waals surface area contributed by atoms with Crippen LogP contribution in [0.4, 0.5) is 8.78 Å². The van der Waals surface area contributed by atoms with Gasteiger partial charge in [0.1, 0.15) is 6.61 Å². The number of hydrogen-bond acceptors (Lipinski definition) is 4. The maximum Gasteiger partial charge on any atom is 0.335 e. The fourth-order valence-electron chi connectivity index (χ4n) is 1.36. The number of ether oxygens (including phenoxy) is 3. The molecule has 7 heteroatoms. The van der Waals surface area contributed by atoms with Crippen LogP contribution >= 0.6 is 0 Å².